The highest BCUT2D eigenvalue weighted by atomic mass is 16.5. The van der Waals surface area contributed by atoms with Crippen LogP contribution in [-0.4, -0.2) is 42.8 Å². The van der Waals surface area contributed by atoms with E-state index in [1.165, 1.54) is 6.42 Å². The Morgan fingerprint density at radius 3 is 2.80 bits per heavy atom. The first-order valence-corrected chi connectivity index (χ1v) is 7.53. The summed E-state index contributed by atoms with van der Waals surface area (Å²) in [5, 5.41) is 3.38. The molecule has 1 atom stereocenters. The minimum Gasteiger partial charge on any atom is -0.376 e. The van der Waals surface area contributed by atoms with Crippen LogP contribution < -0.4 is 10.2 Å². The van der Waals surface area contributed by atoms with Crippen LogP contribution in [0.5, 0.6) is 0 Å². The first kappa shape index (κ1) is 15.0. The molecule has 1 saturated heterocycles. The molecular formula is C15H26N4O. The molecule has 0 saturated carbocycles. The van der Waals surface area contributed by atoms with Crippen molar-refractivity contribution in [1.29, 1.82) is 0 Å². The van der Waals surface area contributed by atoms with Crippen molar-refractivity contribution >= 4 is 11.6 Å². The van der Waals surface area contributed by atoms with E-state index in [4.69, 9.17) is 4.74 Å². The van der Waals surface area contributed by atoms with E-state index in [2.05, 4.69) is 41.1 Å². The summed E-state index contributed by atoms with van der Waals surface area (Å²) < 4.78 is 5.71. The van der Waals surface area contributed by atoms with Gasteiger partial charge in [0.15, 0.2) is 0 Å². The minimum atomic E-state index is 0.335. The van der Waals surface area contributed by atoms with Crippen LogP contribution in [-0.2, 0) is 4.74 Å². The Balaban J connectivity index is 2.14. The number of likely N-dealkylation sites (N-methyl/N-ethyl adjacent to an activating group) is 1. The van der Waals surface area contributed by atoms with E-state index in [-0.39, 0.29) is 0 Å². The second kappa shape index (κ2) is 6.88. The summed E-state index contributed by atoms with van der Waals surface area (Å²) in [5.74, 6) is 2.77. The predicted octanol–water partition coefficient (Wildman–Crippen LogP) is 2.53. The van der Waals surface area contributed by atoms with Crippen molar-refractivity contribution < 1.29 is 4.74 Å². The second-order valence-electron chi connectivity index (χ2n) is 5.51. The van der Waals surface area contributed by atoms with Gasteiger partial charge in [-0.1, -0.05) is 6.92 Å². The quantitative estimate of drug-likeness (QED) is 0.866. The van der Waals surface area contributed by atoms with Crippen molar-refractivity contribution in [3.8, 4) is 0 Å². The Hall–Kier alpha value is -1.36. The number of aromatic nitrogens is 2. The van der Waals surface area contributed by atoms with Gasteiger partial charge in [-0.2, -0.15) is 0 Å². The zero-order chi connectivity index (χ0) is 14.5. The third kappa shape index (κ3) is 3.60. The maximum atomic E-state index is 5.71. The fraction of sp³-hybridized carbons (Fsp3) is 0.733. The molecule has 1 aliphatic heterocycles. The van der Waals surface area contributed by atoms with Crippen LogP contribution in [0.1, 0.15) is 37.6 Å². The van der Waals surface area contributed by atoms with Crippen LogP contribution >= 0.6 is 0 Å². The zero-order valence-electron chi connectivity index (χ0n) is 13.1. The van der Waals surface area contributed by atoms with Crippen molar-refractivity contribution in [2.75, 3.05) is 37.0 Å². The van der Waals surface area contributed by atoms with Gasteiger partial charge < -0.3 is 15.0 Å². The standard InChI is InChI=1S/C15H26N4O/c1-5-8-16-14-11(2)15(18-12(3)17-14)19(4)10-13-7-6-9-20-13/h13H,5-10H2,1-4H3,(H,16,17,18). The molecule has 0 radical (unpaired) electrons. The molecule has 1 aliphatic rings. The summed E-state index contributed by atoms with van der Waals surface area (Å²) in [6, 6.07) is 0. The van der Waals surface area contributed by atoms with E-state index >= 15 is 0 Å². The molecule has 1 N–H and O–H groups in total. The molecular weight excluding hydrogens is 252 g/mol. The van der Waals surface area contributed by atoms with Gasteiger partial charge in [0, 0.05) is 32.3 Å². The molecule has 0 aromatic carbocycles. The number of aryl methyl sites for hydroxylation is 1. The highest BCUT2D eigenvalue weighted by molar-refractivity contribution is 5.58. The lowest BCUT2D eigenvalue weighted by Gasteiger charge is -2.24. The minimum absolute atomic E-state index is 0.335. The lowest BCUT2D eigenvalue weighted by atomic mass is 10.2. The fourth-order valence-electron chi connectivity index (χ4n) is 2.58. The van der Waals surface area contributed by atoms with E-state index in [0.717, 1.165) is 55.6 Å². The smallest absolute Gasteiger partial charge is 0.137 e. The number of anilines is 2. The van der Waals surface area contributed by atoms with Crippen molar-refractivity contribution in [3.63, 3.8) is 0 Å². The normalized spacial score (nSPS) is 18.3. The molecule has 1 aromatic heterocycles. The molecule has 0 aliphatic carbocycles. The highest BCUT2D eigenvalue weighted by Crippen LogP contribution is 2.24. The summed E-state index contributed by atoms with van der Waals surface area (Å²) in [4.78, 5) is 11.3. The van der Waals surface area contributed by atoms with Gasteiger partial charge in [0.25, 0.3) is 0 Å². The van der Waals surface area contributed by atoms with Crippen molar-refractivity contribution in [2.24, 2.45) is 0 Å². The van der Waals surface area contributed by atoms with Gasteiger partial charge in [-0.15, -0.1) is 0 Å². The summed E-state index contributed by atoms with van der Waals surface area (Å²) >= 11 is 0. The Bertz CT molecular complexity index is 444. The molecule has 0 amide bonds. The molecule has 20 heavy (non-hydrogen) atoms. The second-order valence-corrected chi connectivity index (χ2v) is 5.51. The Morgan fingerprint density at radius 1 is 1.35 bits per heavy atom. The molecule has 1 aromatic rings. The summed E-state index contributed by atoms with van der Waals surface area (Å²) in [7, 11) is 2.08. The maximum Gasteiger partial charge on any atom is 0.137 e. The van der Waals surface area contributed by atoms with Gasteiger partial charge >= 0.3 is 0 Å². The average Bonchev–Trinajstić information content (AvgIpc) is 2.92. The maximum absolute atomic E-state index is 5.71. The van der Waals surface area contributed by atoms with Crippen molar-refractivity contribution in [1.82, 2.24) is 9.97 Å². The first-order valence-electron chi connectivity index (χ1n) is 7.53. The van der Waals surface area contributed by atoms with Crippen LogP contribution in [0.3, 0.4) is 0 Å². The van der Waals surface area contributed by atoms with Gasteiger partial charge in [0.2, 0.25) is 0 Å². The van der Waals surface area contributed by atoms with Gasteiger partial charge in [0.1, 0.15) is 17.5 Å². The summed E-state index contributed by atoms with van der Waals surface area (Å²) in [5.41, 5.74) is 1.12. The van der Waals surface area contributed by atoms with E-state index in [1.54, 1.807) is 0 Å². The Kier molecular flexibility index (Phi) is 5.17. The van der Waals surface area contributed by atoms with Crippen LogP contribution in [0.2, 0.25) is 0 Å². The third-order valence-electron chi connectivity index (χ3n) is 3.64. The zero-order valence-corrected chi connectivity index (χ0v) is 13.1. The molecule has 2 rings (SSSR count). The number of hydrogen-bond donors (Lipinski definition) is 1. The van der Waals surface area contributed by atoms with E-state index in [1.807, 2.05) is 6.92 Å². The van der Waals surface area contributed by atoms with Crippen molar-refractivity contribution in [3.05, 3.63) is 11.4 Å². The van der Waals surface area contributed by atoms with Crippen molar-refractivity contribution in [2.45, 2.75) is 46.1 Å². The molecule has 1 fully saturated rings. The summed E-state index contributed by atoms with van der Waals surface area (Å²) in [6.45, 7) is 8.90. The summed E-state index contributed by atoms with van der Waals surface area (Å²) in [6.07, 6.45) is 3.74. The number of ether oxygens (including phenoxy) is 1. The molecule has 0 spiro atoms. The predicted molar refractivity (Wildman–Crippen MR) is 82.5 cm³/mol. The molecule has 0 bridgehead atoms. The van der Waals surface area contributed by atoms with Gasteiger partial charge in [-0.3, -0.25) is 0 Å². The Labute approximate surface area is 121 Å². The van der Waals surface area contributed by atoms with Crippen LogP contribution in [0.25, 0.3) is 0 Å². The number of hydrogen-bond acceptors (Lipinski definition) is 5. The van der Waals surface area contributed by atoms with Gasteiger partial charge in [0.05, 0.1) is 6.10 Å². The lowest BCUT2D eigenvalue weighted by molar-refractivity contribution is 0.116. The topological polar surface area (TPSA) is 50.3 Å². The third-order valence-corrected chi connectivity index (χ3v) is 3.64. The lowest BCUT2D eigenvalue weighted by Crippen LogP contribution is -2.30. The number of rotatable bonds is 6. The van der Waals surface area contributed by atoms with Gasteiger partial charge in [-0.05, 0) is 33.1 Å². The number of nitrogens with one attached hydrogen (secondary N) is 1. The van der Waals surface area contributed by atoms with E-state index in [0.29, 0.717) is 6.10 Å². The first-order chi connectivity index (χ1) is 9.61. The van der Waals surface area contributed by atoms with Crippen LogP contribution in [0.4, 0.5) is 11.6 Å². The molecule has 2 heterocycles. The average molecular weight is 278 g/mol. The molecule has 5 nitrogen and oxygen atoms in total. The highest BCUT2D eigenvalue weighted by Gasteiger charge is 2.20. The Morgan fingerprint density at radius 2 is 2.15 bits per heavy atom. The molecule has 5 heteroatoms. The van der Waals surface area contributed by atoms with E-state index in [9.17, 15) is 0 Å². The number of nitrogens with zero attached hydrogens (tertiary/aromatic N) is 3. The largest absolute Gasteiger partial charge is 0.376 e. The fourth-order valence-corrected chi connectivity index (χ4v) is 2.58. The van der Waals surface area contributed by atoms with Crippen LogP contribution in [0.15, 0.2) is 0 Å². The molecule has 1 unspecified atom stereocenters. The van der Waals surface area contributed by atoms with E-state index < -0.39 is 0 Å². The molecule has 112 valence electrons. The van der Waals surface area contributed by atoms with Crippen LogP contribution in [0, 0.1) is 13.8 Å². The van der Waals surface area contributed by atoms with Gasteiger partial charge in [-0.25, -0.2) is 9.97 Å². The monoisotopic (exact) mass is 278 g/mol. The SMILES string of the molecule is CCCNc1nc(C)nc(N(C)CC2CCCO2)c1C.